The van der Waals surface area contributed by atoms with Gasteiger partial charge in [-0.15, -0.1) is 0 Å². The summed E-state index contributed by atoms with van der Waals surface area (Å²) in [5.74, 6) is -0.00799. The normalized spacial score (nSPS) is 18.8. The molecule has 0 saturated carbocycles. The quantitative estimate of drug-likeness (QED) is 0.859. The van der Waals surface area contributed by atoms with Gasteiger partial charge in [0.05, 0.1) is 13.2 Å². The van der Waals surface area contributed by atoms with Crippen LogP contribution in [0.15, 0.2) is 0 Å². The second-order valence-electron chi connectivity index (χ2n) is 6.45. The number of carbonyl (C=O) groups excluding carboxylic acids is 2. The molecular weight excluding hydrogens is 272 g/mol. The van der Waals surface area contributed by atoms with Crippen molar-refractivity contribution in [3.8, 4) is 0 Å². The van der Waals surface area contributed by atoms with E-state index < -0.39 is 17.7 Å². The van der Waals surface area contributed by atoms with E-state index in [4.69, 9.17) is 9.47 Å². The number of nitrogens with zero attached hydrogens (tertiary/aromatic N) is 1. The second kappa shape index (κ2) is 7.64. The molecule has 2 amide bonds. The highest BCUT2D eigenvalue weighted by Crippen LogP contribution is 2.14. The minimum absolute atomic E-state index is 0.0489. The molecular formula is C15H28N2O4. The van der Waals surface area contributed by atoms with Crippen LogP contribution in [-0.2, 0) is 14.3 Å². The first-order valence-electron chi connectivity index (χ1n) is 7.60. The van der Waals surface area contributed by atoms with Crippen molar-refractivity contribution in [3.05, 3.63) is 0 Å². The Hall–Kier alpha value is -1.30. The van der Waals surface area contributed by atoms with Crippen LogP contribution in [0.4, 0.5) is 4.79 Å². The lowest BCUT2D eigenvalue weighted by molar-refractivity contribution is -0.138. The first-order valence-corrected chi connectivity index (χ1v) is 7.60. The first kappa shape index (κ1) is 17.8. The fraction of sp³-hybridized carbons (Fsp3) is 0.867. The maximum Gasteiger partial charge on any atom is 0.408 e. The highest BCUT2D eigenvalue weighted by atomic mass is 16.6. The number of hydrogen-bond donors (Lipinski definition) is 1. The highest BCUT2D eigenvalue weighted by molar-refractivity contribution is 5.86. The Morgan fingerprint density at radius 3 is 2.33 bits per heavy atom. The van der Waals surface area contributed by atoms with Crippen molar-refractivity contribution in [3.63, 3.8) is 0 Å². The number of hydrogen-bond acceptors (Lipinski definition) is 4. The van der Waals surface area contributed by atoms with Crippen LogP contribution < -0.4 is 5.32 Å². The zero-order valence-corrected chi connectivity index (χ0v) is 13.8. The van der Waals surface area contributed by atoms with Gasteiger partial charge in [-0.2, -0.15) is 0 Å². The molecule has 0 aromatic heterocycles. The van der Waals surface area contributed by atoms with Gasteiger partial charge >= 0.3 is 6.09 Å². The van der Waals surface area contributed by atoms with E-state index in [9.17, 15) is 9.59 Å². The van der Waals surface area contributed by atoms with Crippen LogP contribution in [0.3, 0.4) is 0 Å². The lowest BCUT2D eigenvalue weighted by atomic mass is 9.98. The lowest BCUT2D eigenvalue weighted by Gasteiger charge is -2.33. The summed E-state index contributed by atoms with van der Waals surface area (Å²) in [5, 5.41) is 2.73. The summed E-state index contributed by atoms with van der Waals surface area (Å²) in [5.41, 5.74) is -0.577. The number of ether oxygens (including phenoxy) is 2. The van der Waals surface area contributed by atoms with Crippen molar-refractivity contribution in [2.24, 2.45) is 5.92 Å². The molecule has 0 radical (unpaired) electrons. The highest BCUT2D eigenvalue weighted by Gasteiger charge is 2.32. The van der Waals surface area contributed by atoms with E-state index >= 15 is 0 Å². The molecule has 1 rings (SSSR count). The summed E-state index contributed by atoms with van der Waals surface area (Å²) in [6.07, 6.45) is 0.255. The number of amides is 2. The smallest absolute Gasteiger partial charge is 0.408 e. The Morgan fingerprint density at radius 2 is 1.86 bits per heavy atom. The number of nitrogens with one attached hydrogen (secondary N) is 1. The van der Waals surface area contributed by atoms with Gasteiger partial charge in [-0.05, 0) is 26.7 Å². The molecule has 2 atom stereocenters. The molecule has 1 aliphatic rings. The van der Waals surface area contributed by atoms with Gasteiger partial charge in [-0.25, -0.2) is 4.79 Å². The molecule has 6 nitrogen and oxygen atoms in total. The van der Waals surface area contributed by atoms with Gasteiger partial charge < -0.3 is 19.7 Å². The summed E-state index contributed by atoms with van der Waals surface area (Å²) in [6, 6.07) is -0.553. The van der Waals surface area contributed by atoms with Crippen LogP contribution in [-0.4, -0.2) is 54.8 Å². The maximum atomic E-state index is 12.6. The average Bonchev–Trinajstić information content (AvgIpc) is 2.42. The summed E-state index contributed by atoms with van der Waals surface area (Å²) < 4.78 is 10.5. The van der Waals surface area contributed by atoms with E-state index in [1.165, 1.54) is 0 Å². The molecule has 0 aliphatic carbocycles. The molecule has 1 N–H and O–H groups in total. The van der Waals surface area contributed by atoms with Gasteiger partial charge in [0.2, 0.25) is 5.91 Å². The van der Waals surface area contributed by atoms with Crippen molar-refractivity contribution in [2.75, 3.05) is 26.3 Å². The van der Waals surface area contributed by atoms with E-state index in [0.29, 0.717) is 26.3 Å². The van der Waals surface area contributed by atoms with E-state index in [1.54, 1.807) is 25.7 Å². The molecule has 1 aliphatic heterocycles. The zero-order valence-electron chi connectivity index (χ0n) is 13.8. The number of rotatable bonds is 4. The number of alkyl carbamates (subject to hydrolysis) is 1. The SMILES string of the molecule is CC[C@H](C)[C@H](NC(=O)OC(C)(C)C)C(=O)N1CCOCC1. The molecule has 122 valence electrons. The predicted octanol–water partition coefficient (Wildman–Crippen LogP) is 1.78. The molecule has 21 heavy (non-hydrogen) atoms. The van der Waals surface area contributed by atoms with Crippen molar-refractivity contribution >= 4 is 12.0 Å². The average molecular weight is 300 g/mol. The molecule has 0 unspecified atom stereocenters. The minimum atomic E-state index is -0.577. The molecule has 0 bridgehead atoms. The largest absolute Gasteiger partial charge is 0.444 e. The van der Waals surface area contributed by atoms with Crippen LogP contribution in [0.1, 0.15) is 41.0 Å². The maximum absolute atomic E-state index is 12.6. The molecule has 1 heterocycles. The number of carbonyl (C=O) groups is 2. The predicted molar refractivity (Wildman–Crippen MR) is 80.0 cm³/mol. The molecule has 0 aromatic carbocycles. The first-order chi connectivity index (χ1) is 9.74. The Kier molecular flexibility index (Phi) is 6.45. The van der Waals surface area contributed by atoms with Crippen molar-refractivity contribution in [1.29, 1.82) is 0 Å². The van der Waals surface area contributed by atoms with Crippen LogP contribution in [0.2, 0.25) is 0 Å². The Labute approximate surface area is 127 Å². The summed E-state index contributed by atoms with van der Waals surface area (Å²) in [6.45, 7) is 11.6. The van der Waals surface area contributed by atoms with Gasteiger partial charge in [0.1, 0.15) is 11.6 Å². The molecule has 1 saturated heterocycles. The lowest BCUT2D eigenvalue weighted by Crippen LogP contribution is -2.54. The third-order valence-electron chi connectivity index (χ3n) is 3.47. The van der Waals surface area contributed by atoms with Crippen molar-refractivity contribution in [1.82, 2.24) is 10.2 Å². The van der Waals surface area contributed by atoms with Gasteiger partial charge in [0.25, 0.3) is 0 Å². The molecule has 1 fully saturated rings. The molecule has 0 aromatic rings. The van der Waals surface area contributed by atoms with Gasteiger partial charge in [-0.3, -0.25) is 4.79 Å². The Bertz CT molecular complexity index is 359. The van der Waals surface area contributed by atoms with Crippen LogP contribution in [0, 0.1) is 5.92 Å². The third kappa shape index (κ3) is 5.91. The zero-order chi connectivity index (χ0) is 16.0. The minimum Gasteiger partial charge on any atom is -0.444 e. The van der Waals surface area contributed by atoms with Crippen LogP contribution >= 0.6 is 0 Å². The Morgan fingerprint density at radius 1 is 1.29 bits per heavy atom. The van der Waals surface area contributed by atoms with Gasteiger partial charge in [0, 0.05) is 13.1 Å². The molecule has 6 heteroatoms. The fourth-order valence-electron chi connectivity index (χ4n) is 2.10. The van der Waals surface area contributed by atoms with Crippen molar-refractivity contribution in [2.45, 2.75) is 52.7 Å². The third-order valence-corrected chi connectivity index (χ3v) is 3.47. The second-order valence-corrected chi connectivity index (χ2v) is 6.45. The van der Waals surface area contributed by atoms with Crippen molar-refractivity contribution < 1.29 is 19.1 Å². The van der Waals surface area contributed by atoms with E-state index in [2.05, 4.69) is 5.32 Å². The summed E-state index contributed by atoms with van der Waals surface area (Å²) in [4.78, 5) is 26.3. The van der Waals surface area contributed by atoms with Gasteiger partial charge in [-0.1, -0.05) is 20.3 Å². The van der Waals surface area contributed by atoms with Gasteiger partial charge in [0.15, 0.2) is 0 Å². The number of morpholine rings is 1. The monoisotopic (exact) mass is 300 g/mol. The topological polar surface area (TPSA) is 67.9 Å². The summed E-state index contributed by atoms with van der Waals surface area (Å²) in [7, 11) is 0. The van der Waals surface area contributed by atoms with Crippen LogP contribution in [0.25, 0.3) is 0 Å². The van der Waals surface area contributed by atoms with E-state index in [-0.39, 0.29) is 11.8 Å². The fourth-order valence-corrected chi connectivity index (χ4v) is 2.10. The summed E-state index contributed by atoms with van der Waals surface area (Å²) >= 11 is 0. The molecule has 0 spiro atoms. The van der Waals surface area contributed by atoms with E-state index in [0.717, 1.165) is 6.42 Å². The standard InChI is InChI=1S/C15H28N2O4/c1-6-11(2)12(16-14(19)21-15(3,4)5)13(18)17-7-9-20-10-8-17/h11-12H,6-10H2,1-5H3,(H,16,19)/t11-,12-/m0/s1. The van der Waals surface area contributed by atoms with E-state index in [1.807, 2.05) is 13.8 Å². The van der Waals surface area contributed by atoms with Crippen LogP contribution in [0.5, 0.6) is 0 Å². The Balaban J connectivity index is 2.70.